The maximum Gasteiger partial charge on any atom is 0.236 e. The van der Waals surface area contributed by atoms with Crippen molar-refractivity contribution in [3.8, 4) is 0 Å². The van der Waals surface area contributed by atoms with Crippen molar-refractivity contribution in [1.29, 1.82) is 0 Å². The van der Waals surface area contributed by atoms with E-state index in [1.165, 1.54) is 0 Å². The van der Waals surface area contributed by atoms with Gasteiger partial charge in [-0.15, -0.1) is 0 Å². The molecule has 15 heavy (non-hydrogen) atoms. The van der Waals surface area contributed by atoms with Gasteiger partial charge >= 0.3 is 0 Å². The van der Waals surface area contributed by atoms with Gasteiger partial charge in [0.05, 0.1) is 12.6 Å². The fourth-order valence-corrected chi connectivity index (χ4v) is 2.07. The second-order valence-electron chi connectivity index (χ2n) is 4.59. The first kappa shape index (κ1) is 12.5. The molecule has 4 heteroatoms. The monoisotopic (exact) mass is 214 g/mol. The summed E-state index contributed by atoms with van der Waals surface area (Å²) in [6.07, 6.45) is 4.38. The zero-order valence-electron chi connectivity index (χ0n) is 9.68. The minimum Gasteiger partial charge on any atom is -0.396 e. The molecule has 3 N–H and O–H groups in total. The van der Waals surface area contributed by atoms with Gasteiger partial charge in [-0.05, 0) is 26.8 Å². The Morgan fingerprint density at radius 3 is 2.53 bits per heavy atom. The minimum atomic E-state index is -0.165. The molecule has 0 aromatic carbocycles. The fraction of sp³-hybridized carbons (Fsp3) is 0.909. The summed E-state index contributed by atoms with van der Waals surface area (Å²) in [5.74, 6) is 0.0113. The van der Waals surface area contributed by atoms with Crippen LogP contribution in [0.2, 0.25) is 0 Å². The molecule has 1 amide bonds. The molecule has 0 radical (unpaired) electrons. The lowest BCUT2D eigenvalue weighted by atomic mass is 9.87. The smallest absolute Gasteiger partial charge is 0.236 e. The summed E-state index contributed by atoms with van der Waals surface area (Å²) in [6.45, 7) is 2.62. The first-order chi connectivity index (χ1) is 7.13. The van der Waals surface area contributed by atoms with Gasteiger partial charge in [-0.25, -0.2) is 0 Å². The maximum absolute atomic E-state index is 11.5. The van der Waals surface area contributed by atoms with Crippen LogP contribution in [0.25, 0.3) is 0 Å². The van der Waals surface area contributed by atoms with Crippen LogP contribution >= 0.6 is 0 Å². The first-order valence-electron chi connectivity index (χ1n) is 5.69. The molecular formula is C11H22N2O2. The van der Waals surface area contributed by atoms with E-state index >= 15 is 0 Å². The van der Waals surface area contributed by atoms with Crippen LogP contribution in [0.4, 0.5) is 0 Å². The number of amides is 1. The molecule has 0 aromatic rings. The van der Waals surface area contributed by atoms with E-state index < -0.39 is 0 Å². The minimum absolute atomic E-state index is 0.0113. The van der Waals surface area contributed by atoms with Crippen LogP contribution in [0.15, 0.2) is 0 Å². The second kappa shape index (κ2) is 5.47. The third-order valence-electron chi connectivity index (χ3n) is 3.46. The molecule has 1 aliphatic carbocycles. The third kappa shape index (κ3) is 3.18. The number of rotatable bonds is 5. The van der Waals surface area contributed by atoms with Gasteiger partial charge in [0.25, 0.3) is 0 Å². The maximum atomic E-state index is 11.5. The number of likely N-dealkylation sites (N-methyl/N-ethyl adjacent to an activating group) is 1. The summed E-state index contributed by atoms with van der Waals surface area (Å²) >= 11 is 0. The standard InChI is InChI=1S/C11H22N2O2/c1-9(12-2)10(15)13-7-11(8-14)5-3-4-6-11/h9,12,14H,3-8H2,1-2H3,(H,13,15). The molecule has 0 aliphatic heterocycles. The van der Waals surface area contributed by atoms with Crippen LogP contribution in [0.1, 0.15) is 32.6 Å². The molecule has 88 valence electrons. The average molecular weight is 214 g/mol. The Morgan fingerprint density at radius 2 is 2.07 bits per heavy atom. The summed E-state index contributed by atoms with van der Waals surface area (Å²) in [5.41, 5.74) is -0.0525. The Bertz CT molecular complexity index is 213. The largest absolute Gasteiger partial charge is 0.396 e. The van der Waals surface area contributed by atoms with E-state index in [-0.39, 0.29) is 24.0 Å². The number of carbonyl (C=O) groups is 1. The van der Waals surface area contributed by atoms with E-state index in [1.807, 2.05) is 6.92 Å². The number of nitrogens with one attached hydrogen (secondary N) is 2. The van der Waals surface area contributed by atoms with Crippen LogP contribution in [0.3, 0.4) is 0 Å². The van der Waals surface area contributed by atoms with Gasteiger partial charge in [0.1, 0.15) is 0 Å². The van der Waals surface area contributed by atoms with Crippen LogP contribution in [0.5, 0.6) is 0 Å². The molecular weight excluding hydrogens is 192 g/mol. The van der Waals surface area contributed by atoms with Gasteiger partial charge in [0.2, 0.25) is 5.91 Å². The molecule has 0 aromatic heterocycles. The molecule has 0 spiro atoms. The zero-order chi connectivity index (χ0) is 11.3. The fourth-order valence-electron chi connectivity index (χ4n) is 2.07. The van der Waals surface area contributed by atoms with Gasteiger partial charge in [0, 0.05) is 12.0 Å². The second-order valence-corrected chi connectivity index (χ2v) is 4.59. The highest BCUT2D eigenvalue weighted by molar-refractivity contribution is 5.81. The molecule has 4 nitrogen and oxygen atoms in total. The number of aliphatic hydroxyl groups excluding tert-OH is 1. The summed E-state index contributed by atoms with van der Waals surface area (Å²) in [5, 5.41) is 15.2. The Labute approximate surface area is 91.4 Å². The van der Waals surface area contributed by atoms with Crippen molar-refractivity contribution in [2.75, 3.05) is 20.2 Å². The van der Waals surface area contributed by atoms with Crippen molar-refractivity contribution in [2.24, 2.45) is 5.41 Å². The summed E-state index contributed by atoms with van der Waals surface area (Å²) < 4.78 is 0. The predicted molar refractivity (Wildman–Crippen MR) is 59.5 cm³/mol. The van der Waals surface area contributed by atoms with Gasteiger partial charge in [0.15, 0.2) is 0 Å². The van der Waals surface area contributed by atoms with Gasteiger partial charge in [-0.2, -0.15) is 0 Å². The Morgan fingerprint density at radius 1 is 1.47 bits per heavy atom. The molecule has 1 aliphatic rings. The van der Waals surface area contributed by atoms with Gasteiger partial charge in [-0.3, -0.25) is 4.79 Å². The molecule has 0 bridgehead atoms. The number of hydrogen-bond acceptors (Lipinski definition) is 3. The summed E-state index contributed by atoms with van der Waals surface area (Å²) in [4.78, 5) is 11.5. The van der Waals surface area contributed by atoms with Crippen LogP contribution < -0.4 is 10.6 Å². The van der Waals surface area contributed by atoms with Gasteiger partial charge in [-0.1, -0.05) is 12.8 Å². The normalized spacial score (nSPS) is 21.3. The molecule has 0 saturated heterocycles. The van der Waals surface area contributed by atoms with Crippen molar-refractivity contribution in [1.82, 2.24) is 10.6 Å². The molecule has 1 unspecified atom stereocenters. The van der Waals surface area contributed by atoms with E-state index in [9.17, 15) is 9.90 Å². The van der Waals surface area contributed by atoms with Crippen LogP contribution in [-0.2, 0) is 4.79 Å². The topological polar surface area (TPSA) is 61.4 Å². The number of hydrogen-bond donors (Lipinski definition) is 3. The molecule has 1 saturated carbocycles. The lowest BCUT2D eigenvalue weighted by molar-refractivity contribution is -0.123. The van der Waals surface area contributed by atoms with Crippen LogP contribution in [-0.4, -0.2) is 37.3 Å². The highest BCUT2D eigenvalue weighted by Gasteiger charge is 2.33. The molecule has 1 fully saturated rings. The van der Waals surface area contributed by atoms with Gasteiger partial charge < -0.3 is 15.7 Å². The lowest BCUT2D eigenvalue weighted by Crippen LogP contribution is -2.45. The SMILES string of the molecule is CNC(C)C(=O)NCC1(CO)CCCC1. The zero-order valence-corrected chi connectivity index (χ0v) is 9.68. The van der Waals surface area contributed by atoms with Crippen molar-refractivity contribution in [3.63, 3.8) is 0 Å². The van der Waals surface area contributed by atoms with E-state index in [0.717, 1.165) is 25.7 Å². The highest BCUT2D eigenvalue weighted by atomic mass is 16.3. The lowest BCUT2D eigenvalue weighted by Gasteiger charge is -2.27. The molecule has 0 heterocycles. The van der Waals surface area contributed by atoms with E-state index in [2.05, 4.69) is 10.6 Å². The molecule has 1 atom stereocenters. The Hall–Kier alpha value is -0.610. The van der Waals surface area contributed by atoms with E-state index in [0.29, 0.717) is 6.54 Å². The van der Waals surface area contributed by atoms with Crippen LogP contribution in [0, 0.1) is 5.41 Å². The average Bonchev–Trinajstić information content (AvgIpc) is 2.74. The third-order valence-corrected chi connectivity index (χ3v) is 3.46. The van der Waals surface area contributed by atoms with Crippen molar-refractivity contribution in [3.05, 3.63) is 0 Å². The first-order valence-corrected chi connectivity index (χ1v) is 5.69. The molecule has 1 rings (SSSR count). The van der Waals surface area contributed by atoms with E-state index in [1.54, 1.807) is 7.05 Å². The number of carbonyl (C=O) groups excluding carboxylic acids is 1. The Balaban J connectivity index is 2.37. The predicted octanol–water partition coefficient (Wildman–Crippen LogP) is 0.263. The van der Waals surface area contributed by atoms with Crippen molar-refractivity contribution < 1.29 is 9.90 Å². The van der Waals surface area contributed by atoms with Crippen molar-refractivity contribution >= 4 is 5.91 Å². The highest BCUT2D eigenvalue weighted by Crippen LogP contribution is 2.36. The Kier molecular flexibility index (Phi) is 4.54. The quantitative estimate of drug-likeness (QED) is 0.615. The number of aliphatic hydroxyl groups is 1. The summed E-state index contributed by atoms with van der Waals surface area (Å²) in [7, 11) is 1.77. The van der Waals surface area contributed by atoms with E-state index in [4.69, 9.17) is 0 Å². The van der Waals surface area contributed by atoms with Crippen molar-refractivity contribution in [2.45, 2.75) is 38.6 Å². The summed E-state index contributed by atoms with van der Waals surface area (Å²) in [6, 6.07) is -0.165.